The summed E-state index contributed by atoms with van der Waals surface area (Å²) < 4.78 is 60.5. The molecule has 4 N–H and O–H groups in total. The van der Waals surface area contributed by atoms with Crippen LogP contribution in [0.3, 0.4) is 0 Å². The van der Waals surface area contributed by atoms with E-state index in [4.69, 9.17) is 32.3 Å². The second-order valence-electron chi connectivity index (χ2n) is 20.1. The molecule has 87 heavy (non-hydrogen) atoms. The molecule has 0 saturated heterocycles. The second-order valence-corrected chi connectivity index (χ2v) is 23.0. The molecule has 0 radical (unpaired) electrons. The van der Waals surface area contributed by atoms with Gasteiger partial charge in [-0.2, -0.15) is 0 Å². The predicted molar refractivity (Wildman–Crippen MR) is 352 cm³/mol. The maximum absolute atomic E-state index is 12.9. The number of rotatable bonds is 57. The molecule has 0 amide bonds. The zero-order valence-corrected chi connectivity index (χ0v) is 54.4. The Hall–Kier alpha value is -5.09. The molecule has 0 rings (SSSR count). The Labute approximate surface area is 522 Å². The van der Waals surface area contributed by atoms with E-state index in [-0.39, 0.29) is 19.3 Å². The number of aliphatic hydroxyl groups excluding tert-OH is 2. The zero-order valence-electron chi connectivity index (χ0n) is 52.6. The van der Waals surface area contributed by atoms with Gasteiger partial charge in [0.1, 0.15) is 25.4 Å². The van der Waals surface area contributed by atoms with E-state index in [0.29, 0.717) is 32.1 Å². The van der Waals surface area contributed by atoms with Crippen molar-refractivity contribution in [3.8, 4) is 0 Å². The molecular weight excluding hydrogens is 1150 g/mol. The number of phosphoric acid groups is 2. The second kappa shape index (κ2) is 61.2. The largest absolute Gasteiger partial charge is 0.472 e. The van der Waals surface area contributed by atoms with E-state index in [2.05, 4.69) is 154 Å². The number of carbonyl (C=O) groups is 3. The number of unbranched alkanes of at least 4 members (excludes halogenated alkanes) is 6. The summed E-state index contributed by atoms with van der Waals surface area (Å²) in [6, 6.07) is 0. The zero-order chi connectivity index (χ0) is 63.8. The Morgan fingerprint density at radius 3 is 1.01 bits per heavy atom. The van der Waals surface area contributed by atoms with Crippen molar-refractivity contribution in [2.75, 3.05) is 39.6 Å². The van der Waals surface area contributed by atoms with Gasteiger partial charge in [0, 0.05) is 19.3 Å². The fraction of sp³-hybridized carbons (Fsp3) is 0.551. The van der Waals surface area contributed by atoms with Crippen LogP contribution in [0.25, 0.3) is 0 Å². The average Bonchev–Trinajstić information content (AvgIpc) is 3.63. The minimum Gasteiger partial charge on any atom is -0.463 e. The number of phosphoric ester groups is 2. The fourth-order valence-corrected chi connectivity index (χ4v) is 8.77. The Morgan fingerprint density at radius 2 is 0.632 bits per heavy atom. The maximum atomic E-state index is 12.9. The number of hydrogen-bond acceptors (Lipinski definition) is 14. The molecule has 0 bridgehead atoms. The van der Waals surface area contributed by atoms with Crippen molar-refractivity contribution in [1.29, 1.82) is 0 Å². The molecule has 0 spiro atoms. The van der Waals surface area contributed by atoms with Crippen LogP contribution in [0, 0.1) is 0 Å². The molecule has 0 aliphatic carbocycles. The van der Waals surface area contributed by atoms with Crippen LogP contribution in [0.1, 0.15) is 188 Å². The molecule has 18 heteroatoms. The van der Waals surface area contributed by atoms with Gasteiger partial charge in [0.2, 0.25) is 0 Å². The van der Waals surface area contributed by atoms with Crippen molar-refractivity contribution in [3.05, 3.63) is 170 Å². The van der Waals surface area contributed by atoms with Gasteiger partial charge in [-0.1, -0.05) is 217 Å². The monoisotopic (exact) mass is 1250 g/mol. The minimum absolute atomic E-state index is 0.0334. The van der Waals surface area contributed by atoms with Gasteiger partial charge in [0.25, 0.3) is 0 Å². The van der Waals surface area contributed by atoms with Crippen molar-refractivity contribution in [1.82, 2.24) is 0 Å². The molecule has 16 nitrogen and oxygen atoms in total. The summed E-state index contributed by atoms with van der Waals surface area (Å²) >= 11 is 0. The number of hydrogen-bond donors (Lipinski definition) is 4. The molecule has 0 saturated carbocycles. The highest BCUT2D eigenvalue weighted by Gasteiger charge is 2.29. The standard InChI is InChI=1S/C69H108O16P2/c1-4-7-10-13-16-19-22-25-27-29-31-33-35-38-40-43-46-49-52-55-67(72)79-58-64(70)59-81-86(75,76)82-60-65(71)61-83-87(77,78)84-63-66(85-69(74)57-54-51-48-45-42-37-24-21-18-15-12-9-6-3)62-80-68(73)56-53-50-47-44-41-39-36-34-32-30-28-26-23-20-17-14-11-8-5-2/h7-8,10-12,15-17,19-21,24-28,31-34,38-41,46-47,49-50,64-66,70-71H,4-6,9,13-14,18,22-23,29-30,35-37,42-45,48,51-63H2,1-3H3,(H,75,76)(H,77,78)/b10-7-,11-8-,15-12-,19-16-,20-17-,24-21-,27-25-,28-26-,33-31-,34-32-,40-38-,41-39-,49-46-,50-47-. The molecule has 0 fully saturated rings. The highest BCUT2D eigenvalue weighted by Crippen LogP contribution is 2.45. The lowest BCUT2D eigenvalue weighted by atomic mass is 10.1. The molecule has 0 aromatic carbocycles. The molecule has 0 aromatic heterocycles. The van der Waals surface area contributed by atoms with Gasteiger partial charge < -0.3 is 34.2 Å². The highest BCUT2D eigenvalue weighted by atomic mass is 31.2. The number of allylic oxidation sites excluding steroid dienone is 28. The summed E-state index contributed by atoms with van der Waals surface area (Å²) in [5.74, 6) is -1.79. The van der Waals surface area contributed by atoms with Gasteiger partial charge in [-0.3, -0.25) is 32.5 Å². The molecular formula is C69H108O16P2. The van der Waals surface area contributed by atoms with Crippen molar-refractivity contribution >= 4 is 33.6 Å². The van der Waals surface area contributed by atoms with E-state index in [1.54, 1.807) is 0 Å². The average molecular weight is 1260 g/mol. The molecule has 0 aliphatic heterocycles. The third-order valence-corrected chi connectivity index (χ3v) is 13.8. The van der Waals surface area contributed by atoms with Gasteiger partial charge in [-0.15, -0.1) is 0 Å². The van der Waals surface area contributed by atoms with Crippen molar-refractivity contribution in [3.63, 3.8) is 0 Å². The number of ether oxygens (including phenoxy) is 3. The lowest BCUT2D eigenvalue weighted by molar-refractivity contribution is -0.161. The molecule has 5 atom stereocenters. The van der Waals surface area contributed by atoms with E-state index in [0.717, 1.165) is 116 Å². The summed E-state index contributed by atoms with van der Waals surface area (Å²) in [7, 11) is -9.83. The summed E-state index contributed by atoms with van der Waals surface area (Å²) in [5, 5.41) is 20.5. The Kier molecular flexibility index (Phi) is 57.6. The normalized spacial score (nSPS) is 15.4. The first kappa shape index (κ1) is 81.9. The van der Waals surface area contributed by atoms with Crippen LogP contribution in [0.5, 0.6) is 0 Å². The Bertz CT molecular complexity index is 2270. The van der Waals surface area contributed by atoms with Crippen LogP contribution in [-0.4, -0.2) is 95.9 Å². The first-order chi connectivity index (χ1) is 42.2. The summed E-state index contributed by atoms with van der Waals surface area (Å²) in [4.78, 5) is 58.1. The van der Waals surface area contributed by atoms with E-state index in [1.807, 2.05) is 36.5 Å². The summed E-state index contributed by atoms with van der Waals surface area (Å²) in [5.41, 5.74) is 0. The van der Waals surface area contributed by atoms with E-state index >= 15 is 0 Å². The third kappa shape index (κ3) is 62.3. The van der Waals surface area contributed by atoms with Crippen LogP contribution < -0.4 is 0 Å². The smallest absolute Gasteiger partial charge is 0.463 e. The molecule has 490 valence electrons. The first-order valence-corrected chi connectivity index (χ1v) is 34.4. The van der Waals surface area contributed by atoms with Crippen molar-refractivity contribution in [2.45, 2.75) is 206 Å². The van der Waals surface area contributed by atoms with E-state index < -0.39 is 91.5 Å². The Morgan fingerprint density at radius 1 is 0.333 bits per heavy atom. The fourth-order valence-electron chi connectivity index (χ4n) is 7.19. The summed E-state index contributed by atoms with van der Waals surface area (Å²) in [6.07, 6.45) is 74.5. The van der Waals surface area contributed by atoms with Crippen LogP contribution in [0.15, 0.2) is 170 Å². The maximum Gasteiger partial charge on any atom is 0.472 e. The lowest BCUT2D eigenvalue weighted by Crippen LogP contribution is -2.30. The van der Waals surface area contributed by atoms with E-state index in [1.165, 1.54) is 0 Å². The van der Waals surface area contributed by atoms with Crippen LogP contribution in [0.4, 0.5) is 0 Å². The molecule has 0 aliphatic rings. The lowest BCUT2D eigenvalue weighted by Gasteiger charge is -2.21. The number of carbonyl (C=O) groups excluding carboxylic acids is 3. The van der Waals surface area contributed by atoms with Gasteiger partial charge in [0.15, 0.2) is 6.10 Å². The van der Waals surface area contributed by atoms with Crippen LogP contribution >= 0.6 is 15.6 Å². The van der Waals surface area contributed by atoms with Gasteiger partial charge in [0.05, 0.1) is 26.4 Å². The van der Waals surface area contributed by atoms with E-state index in [9.17, 15) is 43.5 Å². The summed E-state index contributed by atoms with van der Waals surface area (Å²) in [6.45, 7) is 2.11. The molecule has 0 aromatic rings. The van der Waals surface area contributed by atoms with Crippen molar-refractivity contribution in [2.24, 2.45) is 0 Å². The van der Waals surface area contributed by atoms with Gasteiger partial charge in [-0.25, -0.2) is 9.13 Å². The highest BCUT2D eigenvalue weighted by molar-refractivity contribution is 7.47. The molecule has 5 unspecified atom stereocenters. The van der Waals surface area contributed by atoms with Gasteiger partial charge in [-0.05, 0) is 122 Å². The van der Waals surface area contributed by atoms with Crippen molar-refractivity contribution < 1.29 is 75.8 Å². The number of esters is 3. The van der Waals surface area contributed by atoms with Crippen LogP contribution in [-0.2, 0) is 55.8 Å². The SMILES string of the molecule is CC/C=C\C/C=C\C/C=C\C/C=C\C/C=C\C/C=C\CCC(=O)OCC(O)COP(=O)(O)OCC(O)COP(=O)(O)OCC(COC(=O)CC/C=C\C/C=C\C/C=C\C/C=C\C/C=C\C/C=C\CC)OC(=O)CCCCCCC/C=C\C/C=C\CCC. The number of aliphatic hydroxyl groups is 2. The minimum atomic E-state index is -4.95. The topological polar surface area (TPSA) is 231 Å². The predicted octanol–water partition coefficient (Wildman–Crippen LogP) is 17.0. The Balaban J connectivity index is 4.84. The quantitative estimate of drug-likeness (QED) is 0.0146. The third-order valence-electron chi connectivity index (χ3n) is 11.9. The van der Waals surface area contributed by atoms with Gasteiger partial charge >= 0.3 is 33.6 Å². The molecule has 0 heterocycles. The first-order valence-electron chi connectivity index (χ1n) is 31.4. The van der Waals surface area contributed by atoms with Crippen LogP contribution in [0.2, 0.25) is 0 Å².